The molecule has 1 aliphatic carbocycles. The molecule has 0 spiro atoms. The Balaban J connectivity index is 2.04. The molecule has 0 radical (unpaired) electrons. The second-order valence-electron chi connectivity index (χ2n) is 8.22. The van der Waals surface area contributed by atoms with Crippen molar-refractivity contribution < 1.29 is 38.0 Å². The van der Waals surface area contributed by atoms with Crippen LogP contribution in [0.5, 0.6) is 0 Å². The van der Waals surface area contributed by atoms with Crippen LogP contribution < -0.4 is 0 Å². The van der Waals surface area contributed by atoms with Crippen LogP contribution in [0.2, 0.25) is 0 Å². The number of carbonyl (C=O) groups excluding carboxylic acids is 1. The van der Waals surface area contributed by atoms with Crippen LogP contribution >= 0.6 is 0 Å². The summed E-state index contributed by atoms with van der Waals surface area (Å²) >= 11 is 0. The first-order valence-corrected chi connectivity index (χ1v) is 11.6. The van der Waals surface area contributed by atoms with E-state index in [0.29, 0.717) is 26.4 Å². The number of ether oxygens (including phenoxy) is 7. The normalized spacial score (nSPS) is 31.1. The van der Waals surface area contributed by atoms with Gasteiger partial charge in [-0.1, -0.05) is 12.2 Å². The highest BCUT2D eigenvalue weighted by Gasteiger charge is 2.38. The molecule has 0 N–H and O–H groups in total. The van der Waals surface area contributed by atoms with E-state index in [2.05, 4.69) is 12.2 Å². The molecule has 0 bridgehead atoms. The first-order chi connectivity index (χ1) is 15.6. The van der Waals surface area contributed by atoms with E-state index in [1.165, 1.54) is 6.08 Å². The minimum absolute atomic E-state index is 0.0611. The number of fused-ring (bicyclic) bond motifs is 1. The molecule has 1 aliphatic heterocycles. The van der Waals surface area contributed by atoms with Gasteiger partial charge in [0.25, 0.3) is 0 Å². The highest BCUT2D eigenvalue weighted by atomic mass is 16.7. The van der Waals surface area contributed by atoms with E-state index in [0.717, 1.165) is 32.1 Å². The van der Waals surface area contributed by atoms with Gasteiger partial charge in [-0.25, -0.2) is 4.79 Å². The summed E-state index contributed by atoms with van der Waals surface area (Å²) < 4.78 is 38.5. The molecule has 32 heavy (non-hydrogen) atoms. The second kappa shape index (κ2) is 16.3. The van der Waals surface area contributed by atoms with Crippen LogP contribution in [0.3, 0.4) is 0 Å². The summed E-state index contributed by atoms with van der Waals surface area (Å²) in [6.07, 6.45) is 11.9. The quantitative estimate of drug-likeness (QED) is 0.192. The van der Waals surface area contributed by atoms with Gasteiger partial charge >= 0.3 is 5.97 Å². The van der Waals surface area contributed by atoms with Crippen molar-refractivity contribution in [1.29, 1.82) is 0 Å². The van der Waals surface area contributed by atoms with Crippen molar-refractivity contribution in [2.24, 2.45) is 11.8 Å². The lowest BCUT2D eigenvalue weighted by Crippen LogP contribution is -2.27. The van der Waals surface area contributed by atoms with E-state index >= 15 is 0 Å². The summed E-state index contributed by atoms with van der Waals surface area (Å²) in [5.41, 5.74) is 0. The SMILES string of the molecule is COCCOCOC1C[C@@H]2[C@H](/C=C/CCC[C@H](C)OC(=O)/C=C/[C@H]2OCOCCOC)C1. The Labute approximate surface area is 192 Å². The number of allylic oxidation sites excluding steroid dienone is 2. The summed E-state index contributed by atoms with van der Waals surface area (Å²) in [5.74, 6) is 0.0952. The first kappa shape index (κ1) is 27.0. The zero-order valence-electron chi connectivity index (χ0n) is 19.7. The van der Waals surface area contributed by atoms with E-state index < -0.39 is 0 Å². The predicted molar refractivity (Wildman–Crippen MR) is 119 cm³/mol. The Morgan fingerprint density at radius 2 is 1.69 bits per heavy atom. The Morgan fingerprint density at radius 3 is 2.41 bits per heavy atom. The van der Waals surface area contributed by atoms with Crippen molar-refractivity contribution in [3.63, 3.8) is 0 Å². The highest BCUT2D eigenvalue weighted by Crippen LogP contribution is 2.39. The minimum atomic E-state index is -0.340. The summed E-state index contributed by atoms with van der Waals surface area (Å²) in [4.78, 5) is 12.3. The van der Waals surface area contributed by atoms with Gasteiger partial charge in [0.2, 0.25) is 0 Å². The van der Waals surface area contributed by atoms with Gasteiger partial charge in [0, 0.05) is 20.3 Å². The maximum absolute atomic E-state index is 12.3. The Hall–Kier alpha value is -1.29. The molecule has 1 heterocycles. The highest BCUT2D eigenvalue weighted by molar-refractivity contribution is 5.82. The summed E-state index contributed by atoms with van der Waals surface area (Å²) in [7, 11) is 3.27. The Kier molecular flexibility index (Phi) is 13.8. The first-order valence-electron chi connectivity index (χ1n) is 11.6. The van der Waals surface area contributed by atoms with E-state index in [-0.39, 0.29) is 49.7 Å². The average molecular weight is 457 g/mol. The predicted octanol–water partition coefficient (Wildman–Crippen LogP) is 3.25. The molecule has 0 aromatic heterocycles. The molecule has 1 unspecified atom stereocenters. The van der Waals surface area contributed by atoms with Crippen LogP contribution in [0.4, 0.5) is 0 Å². The fourth-order valence-electron chi connectivity index (χ4n) is 4.05. The fraction of sp³-hybridized carbons (Fsp3) is 0.792. The summed E-state index contributed by atoms with van der Waals surface area (Å²) in [6, 6.07) is 0. The molecule has 5 atom stereocenters. The molecule has 2 rings (SSSR count). The van der Waals surface area contributed by atoms with E-state index in [4.69, 9.17) is 33.2 Å². The van der Waals surface area contributed by atoms with Crippen molar-refractivity contribution in [2.75, 3.05) is 54.2 Å². The van der Waals surface area contributed by atoms with Crippen LogP contribution in [0.1, 0.15) is 39.0 Å². The molecule has 184 valence electrons. The summed E-state index contributed by atoms with van der Waals surface area (Å²) in [5, 5.41) is 0. The smallest absolute Gasteiger partial charge is 0.330 e. The number of esters is 1. The van der Waals surface area contributed by atoms with Crippen LogP contribution in [0.25, 0.3) is 0 Å². The molecule has 8 nitrogen and oxygen atoms in total. The van der Waals surface area contributed by atoms with Crippen molar-refractivity contribution >= 4 is 5.97 Å². The van der Waals surface area contributed by atoms with E-state index in [1.807, 2.05) is 6.92 Å². The lowest BCUT2D eigenvalue weighted by atomic mass is 9.89. The largest absolute Gasteiger partial charge is 0.460 e. The van der Waals surface area contributed by atoms with Gasteiger partial charge in [0.15, 0.2) is 0 Å². The molecule has 0 aromatic rings. The van der Waals surface area contributed by atoms with Gasteiger partial charge in [0.05, 0.1) is 44.7 Å². The van der Waals surface area contributed by atoms with Crippen LogP contribution in [0, 0.1) is 11.8 Å². The molecular formula is C24H40O8. The molecule has 1 saturated carbocycles. The number of hydrogen-bond acceptors (Lipinski definition) is 8. The maximum atomic E-state index is 12.3. The zero-order chi connectivity index (χ0) is 23.0. The molecule has 8 heteroatoms. The number of hydrogen-bond donors (Lipinski definition) is 0. The lowest BCUT2D eigenvalue weighted by molar-refractivity contribution is -0.142. The van der Waals surface area contributed by atoms with Crippen LogP contribution in [-0.4, -0.2) is 78.5 Å². The third-order valence-electron chi connectivity index (χ3n) is 5.74. The number of methoxy groups -OCH3 is 2. The van der Waals surface area contributed by atoms with E-state index in [1.54, 1.807) is 20.3 Å². The number of carbonyl (C=O) groups is 1. The monoisotopic (exact) mass is 456 g/mol. The van der Waals surface area contributed by atoms with E-state index in [9.17, 15) is 4.79 Å². The Morgan fingerprint density at radius 1 is 0.969 bits per heavy atom. The van der Waals surface area contributed by atoms with Gasteiger partial charge < -0.3 is 33.2 Å². The molecule has 0 aromatic carbocycles. The van der Waals surface area contributed by atoms with Crippen LogP contribution in [-0.2, 0) is 38.0 Å². The minimum Gasteiger partial charge on any atom is -0.460 e. The zero-order valence-corrected chi connectivity index (χ0v) is 19.7. The fourth-order valence-corrected chi connectivity index (χ4v) is 4.05. The molecule has 1 fully saturated rings. The standard InChI is InChI=1S/C24H40O8/c1-19-7-5-4-6-8-20-15-21(30-17-28-13-11-26-2)16-22(20)23(9-10-24(25)32-19)31-18-29-14-12-27-3/h6,8-10,19-23H,4-5,7,11-18H2,1-3H3/b8-6+,10-9+/t19-,20+,21?,22+,23+/m0/s1. The molecule has 2 aliphatic rings. The van der Waals surface area contributed by atoms with Gasteiger partial charge in [-0.3, -0.25) is 0 Å². The van der Waals surface area contributed by atoms with Crippen LogP contribution in [0.15, 0.2) is 24.3 Å². The average Bonchev–Trinajstić information content (AvgIpc) is 3.17. The lowest BCUT2D eigenvalue weighted by Gasteiger charge is -2.25. The van der Waals surface area contributed by atoms with Gasteiger partial charge in [-0.15, -0.1) is 0 Å². The molecular weight excluding hydrogens is 416 g/mol. The maximum Gasteiger partial charge on any atom is 0.330 e. The molecule has 0 saturated heterocycles. The third-order valence-corrected chi connectivity index (χ3v) is 5.74. The number of cyclic esters (lactones) is 1. The van der Waals surface area contributed by atoms with Crippen molar-refractivity contribution in [1.82, 2.24) is 0 Å². The van der Waals surface area contributed by atoms with Crippen molar-refractivity contribution in [3.05, 3.63) is 24.3 Å². The van der Waals surface area contributed by atoms with Crippen molar-refractivity contribution in [2.45, 2.75) is 57.3 Å². The summed E-state index contributed by atoms with van der Waals surface area (Å²) in [6.45, 7) is 4.29. The molecule has 0 amide bonds. The van der Waals surface area contributed by atoms with Gasteiger partial charge in [0.1, 0.15) is 13.6 Å². The number of rotatable bonds is 12. The second-order valence-corrected chi connectivity index (χ2v) is 8.22. The van der Waals surface area contributed by atoms with Crippen molar-refractivity contribution in [3.8, 4) is 0 Å². The Bertz CT molecular complexity index is 564. The van der Waals surface area contributed by atoms with Gasteiger partial charge in [-0.05, 0) is 56.9 Å². The van der Waals surface area contributed by atoms with Gasteiger partial charge in [-0.2, -0.15) is 0 Å². The third kappa shape index (κ3) is 10.6. The topological polar surface area (TPSA) is 81.7 Å².